The van der Waals surface area contributed by atoms with Gasteiger partial charge in [0, 0.05) is 24.7 Å². The summed E-state index contributed by atoms with van der Waals surface area (Å²) >= 11 is 0. The van der Waals surface area contributed by atoms with E-state index in [9.17, 15) is 9.59 Å². The third-order valence-electron chi connectivity index (χ3n) is 2.85. The van der Waals surface area contributed by atoms with E-state index in [1.54, 1.807) is 10.9 Å². The molecular weight excluding hydrogens is 232 g/mol. The van der Waals surface area contributed by atoms with Crippen LogP contribution in [0.4, 0.5) is 0 Å². The monoisotopic (exact) mass is 242 g/mol. The standard InChI is InChI=1S/C12H10N4O2/c1-15-9-3-2-4-10(8(9)7-13-15)16-6-5-11(17)14-12(16)18/h2-7H,1H3,(H,14,17,18). The summed E-state index contributed by atoms with van der Waals surface area (Å²) in [6.07, 6.45) is 3.16. The molecule has 0 saturated carbocycles. The first-order valence-electron chi connectivity index (χ1n) is 5.40. The molecule has 90 valence electrons. The first-order chi connectivity index (χ1) is 8.66. The molecule has 6 nitrogen and oxygen atoms in total. The minimum absolute atomic E-state index is 0.408. The molecule has 0 amide bonds. The van der Waals surface area contributed by atoms with E-state index >= 15 is 0 Å². The molecule has 1 N–H and O–H groups in total. The SMILES string of the molecule is Cn1ncc2c(-n3ccc(=O)[nH]c3=O)cccc21. The van der Waals surface area contributed by atoms with Crippen molar-refractivity contribution in [1.29, 1.82) is 0 Å². The third-order valence-corrected chi connectivity index (χ3v) is 2.85. The Labute approximate surface area is 101 Å². The number of aromatic nitrogens is 4. The van der Waals surface area contributed by atoms with E-state index in [-0.39, 0.29) is 0 Å². The van der Waals surface area contributed by atoms with E-state index < -0.39 is 11.2 Å². The molecule has 0 radical (unpaired) electrons. The first kappa shape index (κ1) is 10.5. The van der Waals surface area contributed by atoms with Gasteiger partial charge in [0.05, 0.1) is 17.4 Å². The summed E-state index contributed by atoms with van der Waals surface area (Å²) in [5.74, 6) is 0. The number of benzene rings is 1. The van der Waals surface area contributed by atoms with E-state index in [0.29, 0.717) is 5.69 Å². The van der Waals surface area contributed by atoms with Gasteiger partial charge in [-0.05, 0) is 12.1 Å². The summed E-state index contributed by atoms with van der Waals surface area (Å²) in [7, 11) is 1.84. The number of nitrogens with zero attached hydrogens (tertiary/aromatic N) is 3. The molecule has 0 saturated heterocycles. The van der Waals surface area contributed by atoms with Gasteiger partial charge >= 0.3 is 5.69 Å². The quantitative estimate of drug-likeness (QED) is 0.671. The largest absolute Gasteiger partial charge is 0.332 e. The Hall–Kier alpha value is -2.63. The highest BCUT2D eigenvalue weighted by Crippen LogP contribution is 2.19. The summed E-state index contributed by atoms with van der Waals surface area (Å²) in [4.78, 5) is 25.1. The maximum atomic E-state index is 11.8. The number of hydrogen-bond donors (Lipinski definition) is 1. The summed E-state index contributed by atoms with van der Waals surface area (Å²) in [5, 5.41) is 5.01. The second-order valence-corrected chi connectivity index (χ2v) is 3.96. The minimum Gasteiger partial charge on any atom is -0.274 e. The van der Waals surface area contributed by atoms with Gasteiger partial charge in [0.25, 0.3) is 5.56 Å². The van der Waals surface area contributed by atoms with Crippen molar-refractivity contribution in [3.05, 3.63) is 57.5 Å². The number of nitrogens with one attached hydrogen (secondary N) is 1. The Morgan fingerprint density at radius 2 is 2.06 bits per heavy atom. The van der Waals surface area contributed by atoms with Crippen LogP contribution >= 0.6 is 0 Å². The number of fused-ring (bicyclic) bond motifs is 1. The molecule has 0 bridgehead atoms. The van der Waals surface area contributed by atoms with Crippen molar-refractivity contribution in [2.24, 2.45) is 7.05 Å². The maximum Gasteiger partial charge on any atom is 0.332 e. The van der Waals surface area contributed by atoms with Gasteiger partial charge in [-0.25, -0.2) is 4.79 Å². The zero-order chi connectivity index (χ0) is 12.7. The fourth-order valence-electron chi connectivity index (χ4n) is 1.98. The lowest BCUT2D eigenvalue weighted by molar-refractivity contribution is 0.797. The Balaban J connectivity index is 2.38. The zero-order valence-corrected chi connectivity index (χ0v) is 9.62. The molecule has 2 heterocycles. The van der Waals surface area contributed by atoms with E-state index in [2.05, 4.69) is 10.1 Å². The maximum absolute atomic E-state index is 11.8. The van der Waals surface area contributed by atoms with Crippen molar-refractivity contribution in [3.8, 4) is 5.69 Å². The number of H-pyrrole nitrogens is 1. The van der Waals surface area contributed by atoms with Gasteiger partial charge < -0.3 is 0 Å². The van der Waals surface area contributed by atoms with E-state index in [1.165, 1.54) is 16.8 Å². The lowest BCUT2D eigenvalue weighted by Gasteiger charge is -2.05. The lowest BCUT2D eigenvalue weighted by Crippen LogP contribution is -2.27. The molecule has 0 aliphatic carbocycles. The van der Waals surface area contributed by atoms with Gasteiger partial charge in [0.2, 0.25) is 0 Å². The summed E-state index contributed by atoms with van der Waals surface area (Å²) in [6, 6.07) is 6.89. The highest BCUT2D eigenvalue weighted by Gasteiger charge is 2.07. The fourth-order valence-corrected chi connectivity index (χ4v) is 1.98. The highest BCUT2D eigenvalue weighted by molar-refractivity contribution is 5.87. The third kappa shape index (κ3) is 1.46. The van der Waals surface area contributed by atoms with Crippen molar-refractivity contribution in [3.63, 3.8) is 0 Å². The molecule has 6 heteroatoms. The van der Waals surface area contributed by atoms with E-state index in [4.69, 9.17) is 0 Å². The van der Waals surface area contributed by atoms with Crippen molar-refractivity contribution < 1.29 is 0 Å². The van der Waals surface area contributed by atoms with Gasteiger partial charge in [-0.2, -0.15) is 5.10 Å². The molecule has 3 aromatic rings. The van der Waals surface area contributed by atoms with Gasteiger partial charge in [-0.1, -0.05) is 6.07 Å². The van der Waals surface area contributed by atoms with E-state index in [1.807, 2.05) is 25.2 Å². The normalized spacial score (nSPS) is 10.9. The molecule has 3 rings (SSSR count). The van der Waals surface area contributed by atoms with Gasteiger partial charge in [-0.3, -0.25) is 19.0 Å². The molecule has 18 heavy (non-hydrogen) atoms. The van der Waals surface area contributed by atoms with Gasteiger partial charge in [-0.15, -0.1) is 0 Å². The van der Waals surface area contributed by atoms with Crippen LogP contribution < -0.4 is 11.2 Å². The van der Waals surface area contributed by atoms with Crippen LogP contribution in [0.25, 0.3) is 16.6 Å². The molecule has 2 aromatic heterocycles. The van der Waals surface area contributed by atoms with Crippen LogP contribution in [0.1, 0.15) is 0 Å². The lowest BCUT2D eigenvalue weighted by atomic mass is 10.2. The van der Waals surface area contributed by atoms with Crippen molar-refractivity contribution >= 4 is 10.9 Å². The second-order valence-electron chi connectivity index (χ2n) is 3.96. The molecule has 0 aliphatic heterocycles. The smallest absolute Gasteiger partial charge is 0.274 e. The van der Waals surface area contributed by atoms with E-state index in [0.717, 1.165) is 10.9 Å². The van der Waals surface area contributed by atoms with Crippen LogP contribution in [0, 0.1) is 0 Å². The fraction of sp³-hybridized carbons (Fsp3) is 0.0833. The Bertz CT molecular complexity index is 841. The molecule has 0 atom stereocenters. The van der Waals surface area contributed by atoms with Crippen LogP contribution in [0.2, 0.25) is 0 Å². The highest BCUT2D eigenvalue weighted by atomic mass is 16.2. The first-order valence-corrected chi connectivity index (χ1v) is 5.40. The van der Waals surface area contributed by atoms with Crippen molar-refractivity contribution in [2.45, 2.75) is 0 Å². The summed E-state index contributed by atoms with van der Waals surface area (Å²) < 4.78 is 3.13. The van der Waals surface area contributed by atoms with Crippen LogP contribution in [0.3, 0.4) is 0 Å². The molecule has 0 aliphatic rings. The van der Waals surface area contributed by atoms with Crippen LogP contribution in [-0.2, 0) is 7.05 Å². The molecule has 0 spiro atoms. The topological polar surface area (TPSA) is 72.7 Å². The molecule has 1 aromatic carbocycles. The predicted molar refractivity (Wildman–Crippen MR) is 66.9 cm³/mol. The Kier molecular flexibility index (Phi) is 2.16. The average molecular weight is 242 g/mol. The number of aryl methyl sites for hydroxylation is 1. The second kappa shape index (κ2) is 3.69. The molecule has 0 unspecified atom stereocenters. The zero-order valence-electron chi connectivity index (χ0n) is 9.62. The molecule has 0 fully saturated rings. The van der Waals surface area contributed by atoms with Crippen molar-refractivity contribution in [2.75, 3.05) is 0 Å². The summed E-state index contributed by atoms with van der Waals surface area (Å²) in [6.45, 7) is 0. The Morgan fingerprint density at radius 3 is 2.83 bits per heavy atom. The average Bonchev–Trinajstić information content (AvgIpc) is 2.72. The summed E-state index contributed by atoms with van der Waals surface area (Å²) in [5.41, 5.74) is 0.751. The number of aromatic amines is 1. The van der Waals surface area contributed by atoms with Crippen LogP contribution in [0.5, 0.6) is 0 Å². The number of rotatable bonds is 1. The van der Waals surface area contributed by atoms with Crippen molar-refractivity contribution in [1.82, 2.24) is 19.3 Å². The van der Waals surface area contributed by atoms with Crippen LogP contribution in [-0.4, -0.2) is 19.3 Å². The number of hydrogen-bond acceptors (Lipinski definition) is 3. The van der Waals surface area contributed by atoms with Gasteiger partial charge in [0.15, 0.2) is 0 Å². The minimum atomic E-state index is -0.459. The van der Waals surface area contributed by atoms with Gasteiger partial charge in [0.1, 0.15) is 0 Å². The molecular formula is C12H10N4O2. The predicted octanol–water partition coefficient (Wildman–Crippen LogP) is 0.412. The van der Waals surface area contributed by atoms with Crippen LogP contribution in [0.15, 0.2) is 46.2 Å². The Morgan fingerprint density at radius 1 is 1.22 bits per heavy atom.